The molecule has 0 bridgehead atoms. The number of unbranched alkanes of at least 4 members (excludes halogenated alkanes) is 1. The lowest BCUT2D eigenvalue weighted by atomic mass is 9.60. The second-order valence-corrected chi connectivity index (χ2v) is 7.30. The lowest BCUT2D eigenvalue weighted by molar-refractivity contribution is -0.141. The number of aliphatic hydroxyl groups excluding tert-OH is 2. The number of carbonyl (C=O) groups is 2. The van der Waals surface area contributed by atoms with Crippen molar-refractivity contribution in [2.45, 2.75) is 51.2 Å². The van der Waals surface area contributed by atoms with Crippen LogP contribution in [-0.4, -0.2) is 58.0 Å². The molecule has 3 rings (SSSR count). The van der Waals surface area contributed by atoms with Crippen molar-refractivity contribution in [2.75, 3.05) is 13.2 Å². The van der Waals surface area contributed by atoms with Crippen molar-refractivity contribution < 1.29 is 24.6 Å². The molecule has 0 aromatic heterocycles. The molecular formula is C19H26N2O5. The molecule has 2 aliphatic carbocycles. The van der Waals surface area contributed by atoms with Gasteiger partial charge in [0.2, 0.25) is 11.8 Å². The van der Waals surface area contributed by atoms with Crippen molar-refractivity contribution in [3.8, 4) is 12.3 Å². The predicted octanol–water partition coefficient (Wildman–Crippen LogP) is 0.545. The first-order chi connectivity index (χ1) is 12.5. The van der Waals surface area contributed by atoms with E-state index in [2.05, 4.69) is 11.1 Å². The molecule has 1 saturated heterocycles. The molecule has 0 unspecified atom stereocenters. The zero-order chi connectivity index (χ0) is 18.8. The van der Waals surface area contributed by atoms with E-state index < -0.39 is 30.0 Å². The smallest absolute Gasteiger partial charge is 0.233 e. The summed E-state index contributed by atoms with van der Waals surface area (Å²) in [5, 5.41) is 25.1. The van der Waals surface area contributed by atoms with E-state index in [9.17, 15) is 19.8 Å². The fourth-order valence-corrected chi connectivity index (χ4v) is 4.72. The maximum atomic E-state index is 12.7. The van der Waals surface area contributed by atoms with E-state index in [-0.39, 0.29) is 24.2 Å². The minimum absolute atomic E-state index is 0.155. The summed E-state index contributed by atoms with van der Waals surface area (Å²) >= 11 is 0. The Morgan fingerprint density at radius 1 is 1.27 bits per heavy atom. The molecule has 7 nitrogen and oxygen atoms in total. The Balaban J connectivity index is 1.81. The van der Waals surface area contributed by atoms with Crippen LogP contribution < -0.4 is 0 Å². The number of oxime groups is 1. The van der Waals surface area contributed by atoms with Crippen LogP contribution in [0.4, 0.5) is 0 Å². The van der Waals surface area contributed by atoms with E-state index >= 15 is 0 Å². The monoisotopic (exact) mass is 362 g/mol. The molecule has 2 saturated carbocycles. The molecule has 1 aliphatic heterocycles. The minimum Gasteiger partial charge on any atom is -0.396 e. The number of rotatable bonds is 5. The Hall–Kier alpha value is -1.91. The average molecular weight is 362 g/mol. The Bertz CT molecular complexity index is 640. The number of fused-ring (bicyclic) bond motifs is 3. The normalized spacial score (nSPS) is 38.1. The number of nitrogens with zero attached hydrogens (tertiary/aromatic N) is 2. The SMILES string of the molecule is C#CCCCON=C1C[C@@H](O)[C@@H](O)[C@@H]2[C@@H]3C(=O)N(CC)C(=O)[C@@H]3CC[C@@H]12. The van der Waals surface area contributed by atoms with Gasteiger partial charge in [0.25, 0.3) is 0 Å². The van der Waals surface area contributed by atoms with Gasteiger partial charge in [0.05, 0.1) is 29.8 Å². The number of hydrogen-bond donors (Lipinski definition) is 2. The highest BCUT2D eigenvalue weighted by Crippen LogP contribution is 2.49. The third kappa shape index (κ3) is 3.12. The summed E-state index contributed by atoms with van der Waals surface area (Å²) < 4.78 is 0. The van der Waals surface area contributed by atoms with E-state index in [1.165, 1.54) is 4.90 Å². The van der Waals surface area contributed by atoms with Crippen LogP contribution in [-0.2, 0) is 14.4 Å². The van der Waals surface area contributed by atoms with Crippen molar-refractivity contribution >= 4 is 17.5 Å². The maximum absolute atomic E-state index is 12.7. The molecular weight excluding hydrogens is 336 g/mol. The van der Waals surface area contributed by atoms with Crippen LogP contribution in [0, 0.1) is 36.0 Å². The van der Waals surface area contributed by atoms with Gasteiger partial charge >= 0.3 is 0 Å². The predicted molar refractivity (Wildman–Crippen MR) is 93.7 cm³/mol. The van der Waals surface area contributed by atoms with Crippen LogP contribution in [0.1, 0.15) is 39.0 Å². The van der Waals surface area contributed by atoms with Crippen LogP contribution in [0.25, 0.3) is 0 Å². The highest BCUT2D eigenvalue weighted by atomic mass is 16.6. The molecule has 0 aromatic carbocycles. The van der Waals surface area contributed by atoms with Gasteiger partial charge < -0.3 is 15.1 Å². The summed E-state index contributed by atoms with van der Waals surface area (Å²) in [6, 6.07) is 0. The highest BCUT2D eigenvalue weighted by Gasteiger charge is 2.59. The van der Waals surface area contributed by atoms with Crippen molar-refractivity contribution in [2.24, 2.45) is 28.8 Å². The number of carbonyl (C=O) groups excluding carboxylic acids is 2. The van der Waals surface area contributed by atoms with Gasteiger partial charge in [0, 0.05) is 31.2 Å². The van der Waals surface area contributed by atoms with Crippen molar-refractivity contribution in [1.82, 2.24) is 4.90 Å². The first-order valence-electron chi connectivity index (χ1n) is 9.34. The van der Waals surface area contributed by atoms with Gasteiger partial charge in [0.1, 0.15) is 6.61 Å². The molecule has 26 heavy (non-hydrogen) atoms. The molecule has 1 heterocycles. The zero-order valence-electron chi connectivity index (χ0n) is 15.0. The van der Waals surface area contributed by atoms with E-state index in [1.807, 2.05) is 0 Å². The van der Waals surface area contributed by atoms with Crippen LogP contribution in [0.15, 0.2) is 5.16 Å². The Morgan fingerprint density at radius 2 is 2.00 bits per heavy atom. The van der Waals surface area contributed by atoms with Crippen LogP contribution in [0.3, 0.4) is 0 Å². The lowest BCUT2D eigenvalue weighted by Crippen LogP contribution is -2.54. The summed E-state index contributed by atoms with van der Waals surface area (Å²) in [6.45, 7) is 2.49. The third-order valence-corrected chi connectivity index (χ3v) is 5.93. The molecule has 6 atom stereocenters. The quantitative estimate of drug-likeness (QED) is 0.322. The van der Waals surface area contributed by atoms with Gasteiger partial charge in [0.15, 0.2) is 0 Å². The standard InChI is InChI=1S/C19H26N2O5/c1-3-5-6-9-26-20-13-10-14(22)17(23)15-11(13)7-8-12-16(15)19(25)21(4-2)18(12)24/h1,11-12,14-17,22-23H,4-10H2,2H3/t11-,12+,14+,15-,16+,17+/m0/s1. The first-order valence-corrected chi connectivity index (χ1v) is 9.34. The van der Waals surface area contributed by atoms with E-state index in [0.29, 0.717) is 44.5 Å². The third-order valence-electron chi connectivity index (χ3n) is 5.93. The van der Waals surface area contributed by atoms with Crippen LogP contribution >= 0.6 is 0 Å². The fraction of sp³-hybridized carbons (Fsp3) is 0.737. The molecule has 3 aliphatic rings. The molecule has 2 N–H and O–H groups in total. The van der Waals surface area contributed by atoms with E-state index in [1.54, 1.807) is 6.92 Å². The largest absolute Gasteiger partial charge is 0.396 e. The van der Waals surface area contributed by atoms with Gasteiger partial charge in [-0.05, 0) is 26.2 Å². The Labute approximate surface area is 153 Å². The summed E-state index contributed by atoms with van der Waals surface area (Å²) in [5.74, 6) is 0.496. The number of terminal acetylenes is 1. The van der Waals surface area contributed by atoms with Crippen LogP contribution in [0.5, 0.6) is 0 Å². The average Bonchev–Trinajstić information content (AvgIpc) is 2.88. The molecule has 0 spiro atoms. The zero-order valence-corrected chi connectivity index (χ0v) is 15.0. The molecule has 2 amide bonds. The highest BCUT2D eigenvalue weighted by molar-refractivity contribution is 6.06. The van der Waals surface area contributed by atoms with E-state index in [4.69, 9.17) is 11.3 Å². The van der Waals surface area contributed by atoms with Crippen molar-refractivity contribution in [3.63, 3.8) is 0 Å². The number of hydrogen-bond acceptors (Lipinski definition) is 6. The Morgan fingerprint density at radius 3 is 2.69 bits per heavy atom. The van der Waals surface area contributed by atoms with Gasteiger partial charge in [-0.2, -0.15) is 0 Å². The summed E-state index contributed by atoms with van der Waals surface area (Å²) in [6.07, 6.45) is 5.90. The summed E-state index contributed by atoms with van der Waals surface area (Å²) in [5.41, 5.74) is 0.669. The number of amides is 2. The molecule has 142 valence electrons. The number of likely N-dealkylation sites (tertiary alicyclic amines) is 1. The summed E-state index contributed by atoms with van der Waals surface area (Å²) in [7, 11) is 0. The first kappa shape index (κ1) is 18.9. The van der Waals surface area contributed by atoms with Crippen molar-refractivity contribution in [1.29, 1.82) is 0 Å². The molecule has 0 radical (unpaired) electrons. The number of aliphatic hydroxyl groups is 2. The van der Waals surface area contributed by atoms with Gasteiger partial charge in [-0.25, -0.2) is 0 Å². The second kappa shape index (κ2) is 7.77. The van der Waals surface area contributed by atoms with Gasteiger partial charge in [-0.15, -0.1) is 12.3 Å². The molecule has 3 fully saturated rings. The van der Waals surface area contributed by atoms with E-state index in [0.717, 1.165) is 0 Å². The maximum Gasteiger partial charge on any atom is 0.233 e. The van der Waals surface area contributed by atoms with Crippen molar-refractivity contribution in [3.05, 3.63) is 0 Å². The molecule has 7 heteroatoms. The topological polar surface area (TPSA) is 99.4 Å². The fourth-order valence-electron chi connectivity index (χ4n) is 4.72. The van der Waals surface area contributed by atoms with Gasteiger partial charge in [-0.3, -0.25) is 14.5 Å². The second-order valence-electron chi connectivity index (χ2n) is 7.30. The van der Waals surface area contributed by atoms with Gasteiger partial charge in [-0.1, -0.05) is 5.16 Å². The number of imide groups is 1. The Kier molecular flexibility index (Phi) is 5.64. The lowest BCUT2D eigenvalue weighted by Gasteiger charge is -2.45. The summed E-state index contributed by atoms with van der Waals surface area (Å²) in [4.78, 5) is 31.9. The van der Waals surface area contributed by atoms with Crippen LogP contribution in [0.2, 0.25) is 0 Å². The minimum atomic E-state index is -1.04. The molecule has 0 aromatic rings.